The van der Waals surface area contributed by atoms with Gasteiger partial charge in [0.2, 0.25) is 0 Å². The van der Waals surface area contributed by atoms with Gasteiger partial charge in [-0.25, -0.2) is 0 Å². The number of amides is 2. The highest BCUT2D eigenvalue weighted by Crippen LogP contribution is 2.32. The fourth-order valence-electron chi connectivity index (χ4n) is 2.56. The Balaban J connectivity index is 1.62. The van der Waals surface area contributed by atoms with E-state index >= 15 is 0 Å². The molecule has 2 amide bonds. The average molecular weight is 440 g/mol. The maximum Gasteiger partial charge on any atom is 0.573 e. The SMILES string of the molecule is O=C(NC[C@@](O)(c1ccoc1)c1cccs1)C(=O)Nc1ccc(OC(F)(F)F)cc1. The lowest BCUT2D eigenvalue weighted by Gasteiger charge is -2.26. The fraction of sp³-hybridized carbons (Fsp3) is 0.158. The van der Waals surface area contributed by atoms with Crippen molar-refractivity contribution in [2.45, 2.75) is 12.0 Å². The van der Waals surface area contributed by atoms with E-state index in [0.717, 1.165) is 24.3 Å². The minimum atomic E-state index is -4.83. The first-order chi connectivity index (χ1) is 14.2. The summed E-state index contributed by atoms with van der Waals surface area (Å²) in [4.78, 5) is 24.8. The number of ether oxygens (including phenoxy) is 1. The van der Waals surface area contributed by atoms with E-state index in [0.29, 0.717) is 10.4 Å². The lowest BCUT2D eigenvalue weighted by atomic mass is 9.94. The molecule has 0 fully saturated rings. The van der Waals surface area contributed by atoms with Gasteiger partial charge in [-0.2, -0.15) is 0 Å². The van der Waals surface area contributed by atoms with Crippen LogP contribution in [0.5, 0.6) is 5.75 Å². The smallest absolute Gasteiger partial charge is 0.472 e. The summed E-state index contributed by atoms with van der Waals surface area (Å²) in [5, 5.41) is 17.4. The van der Waals surface area contributed by atoms with Gasteiger partial charge < -0.3 is 24.9 Å². The summed E-state index contributed by atoms with van der Waals surface area (Å²) in [7, 11) is 0. The van der Waals surface area contributed by atoms with Crippen molar-refractivity contribution >= 4 is 28.8 Å². The molecule has 3 N–H and O–H groups in total. The van der Waals surface area contributed by atoms with Crippen molar-refractivity contribution in [3.63, 3.8) is 0 Å². The Morgan fingerprint density at radius 1 is 1.10 bits per heavy atom. The van der Waals surface area contributed by atoms with Crippen LogP contribution >= 0.6 is 11.3 Å². The highest BCUT2D eigenvalue weighted by Gasteiger charge is 2.35. The Bertz CT molecular complexity index is 952. The minimum Gasteiger partial charge on any atom is -0.472 e. The third kappa shape index (κ3) is 5.19. The summed E-state index contributed by atoms with van der Waals surface area (Å²) in [6.45, 7) is -0.308. The first kappa shape index (κ1) is 21.4. The van der Waals surface area contributed by atoms with Gasteiger partial charge >= 0.3 is 18.2 Å². The second kappa shape index (κ2) is 8.59. The van der Waals surface area contributed by atoms with Crippen LogP contribution in [-0.4, -0.2) is 29.8 Å². The van der Waals surface area contributed by atoms with E-state index in [1.54, 1.807) is 17.5 Å². The Labute approximate surface area is 172 Å². The van der Waals surface area contributed by atoms with Crippen LogP contribution in [0.1, 0.15) is 10.4 Å². The van der Waals surface area contributed by atoms with Gasteiger partial charge in [0.05, 0.1) is 19.1 Å². The molecule has 3 rings (SSSR count). The van der Waals surface area contributed by atoms with Crippen LogP contribution in [-0.2, 0) is 15.2 Å². The highest BCUT2D eigenvalue weighted by molar-refractivity contribution is 7.10. The number of nitrogens with one attached hydrogen (secondary N) is 2. The predicted molar refractivity (Wildman–Crippen MR) is 101 cm³/mol. The van der Waals surface area contributed by atoms with Crippen molar-refractivity contribution in [1.29, 1.82) is 0 Å². The standard InChI is InChI=1S/C19H15F3N2O5S/c20-19(21,22)29-14-5-3-13(4-6-14)24-17(26)16(25)23-11-18(27,12-7-8-28-10-12)15-2-1-9-30-15/h1-10,27H,11H2,(H,23,25)(H,24,26)/t18-/m1/s1. The molecule has 0 spiro atoms. The number of rotatable bonds is 6. The minimum absolute atomic E-state index is 0.0908. The molecule has 7 nitrogen and oxygen atoms in total. The molecular formula is C19H15F3N2O5S. The van der Waals surface area contributed by atoms with Crippen LogP contribution < -0.4 is 15.4 Å². The molecule has 0 radical (unpaired) electrons. The summed E-state index contributed by atoms with van der Waals surface area (Å²) in [6, 6.07) is 9.24. The van der Waals surface area contributed by atoms with E-state index in [1.165, 1.54) is 29.9 Å². The quantitative estimate of drug-likeness (QED) is 0.511. The van der Waals surface area contributed by atoms with Crippen LogP contribution in [0.15, 0.2) is 64.8 Å². The number of furan rings is 1. The molecule has 2 heterocycles. The monoisotopic (exact) mass is 440 g/mol. The number of alkyl halides is 3. The first-order valence-electron chi connectivity index (χ1n) is 8.41. The Morgan fingerprint density at radius 2 is 1.83 bits per heavy atom. The van der Waals surface area contributed by atoms with Crippen molar-refractivity contribution in [3.05, 3.63) is 70.8 Å². The molecule has 1 aromatic carbocycles. The maximum atomic E-state index is 12.2. The van der Waals surface area contributed by atoms with Crippen LogP contribution in [0.3, 0.4) is 0 Å². The van der Waals surface area contributed by atoms with Crippen LogP contribution in [0.25, 0.3) is 0 Å². The van der Waals surface area contributed by atoms with E-state index in [9.17, 15) is 27.9 Å². The second-order valence-electron chi connectivity index (χ2n) is 6.06. The fourth-order valence-corrected chi connectivity index (χ4v) is 3.41. The number of anilines is 1. The number of carbonyl (C=O) groups excluding carboxylic acids is 2. The Morgan fingerprint density at radius 3 is 2.40 bits per heavy atom. The van der Waals surface area contributed by atoms with Crippen LogP contribution in [0.4, 0.5) is 18.9 Å². The highest BCUT2D eigenvalue weighted by atomic mass is 32.1. The first-order valence-corrected chi connectivity index (χ1v) is 9.29. The lowest BCUT2D eigenvalue weighted by molar-refractivity contribution is -0.274. The van der Waals surface area contributed by atoms with Crippen molar-refractivity contribution in [2.75, 3.05) is 11.9 Å². The number of thiophene rings is 1. The van der Waals surface area contributed by atoms with Gasteiger partial charge in [0, 0.05) is 16.1 Å². The van der Waals surface area contributed by atoms with Gasteiger partial charge in [0.15, 0.2) is 0 Å². The maximum absolute atomic E-state index is 12.2. The molecule has 2 aromatic heterocycles. The van der Waals surface area contributed by atoms with Crippen molar-refractivity contribution < 1.29 is 37.0 Å². The molecule has 0 saturated heterocycles. The number of carbonyl (C=O) groups is 2. The summed E-state index contributed by atoms with van der Waals surface area (Å²) in [6.07, 6.45) is -2.13. The van der Waals surface area contributed by atoms with Gasteiger partial charge in [0.25, 0.3) is 0 Å². The largest absolute Gasteiger partial charge is 0.573 e. The zero-order valence-corrected chi connectivity index (χ0v) is 15.9. The van der Waals surface area contributed by atoms with Gasteiger partial charge in [-0.1, -0.05) is 6.07 Å². The number of halogens is 3. The second-order valence-corrected chi connectivity index (χ2v) is 7.01. The van der Waals surface area contributed by atoms with Gasteiger partial charge in [-0.05, 0) is 41.8 Å². The number of hydrogen-bond donors (Lipinski definition) is 3. The molecule has 0 unspecified atom stereocenters. The van der Waals surface area contributed by atoms with Gasteiger partial charge in [0.1, 0.15) is 11.4 Å². The summed E-state index contributed by atoms with van der Waals surface area (Å²) >= 11 is 1.26. The van der Waals surface area contributed by atoms with E-state index in [-0.39, 0.29) is 12.2 Å². The topological polar surface area (TPSA) is 101 Å². The van der Waals surface area contributed by atoms with Crippen molar-refractivity contribution in [1.82, 2.24) is 5.32 Å². The van der Waals surface area contributed by atoms with Gasteiger partial charge in [-0.15, -0.1) is 24.5 Å². The molecular weight excluding hydrogens is 425 g/mol. The van der Waals surface area contributed by atoms with E-state index in [1.807, 2.05) is 0 Å². The Hall–Kier alpha value is -3.31. The summed E-state index contributed by atoms with van der Waals surface area (Å²) < 4.78 is 45.3. The normalized spacial score (nSPS) is 13.3. The zero-order chi connectivity index (χ0) is 21.8. The molecule has 0 saturated carbocycles. The third-order valence-corrected chi connectivity index (χ3v) is 5.01. The predicted octanol–water partition coefficient (Wildman–Crippen LogP) is 3.23. The van der Waals surface area contributed by atoms with Crippen molar-refractivity contribution in [3.8, 4) is 5.75 Å². The molecule has 0 aliphatic rings. The van der Waals surface area contributed by atoms with Gasteiger partial charge in [-0.3, -0.25) is 9.59 Å². The summed E-state index contributed by atoms with van der Waals surface area (Å²) in [5.74, 6) is -2.56. The third-order valence-electron chi connectivity index (χ3n) is 3.98. The molecule has 30 heavy (non-hydrogen) atoms. The van der Waals surface area contributed by atoms with Crippen molar-refractivity contribution in [2.24, 2.45) is 0 Å². The van der Waals surface area contributed by atoms with E-state index in [4.69, 9.17) is 4.42 Å². The summed E-state index contributed by atoms with van der Waals surface area (Å²) in [5.41, 5.74) is -1.12. The molecule has 1 atom stereocenters. The van der Waals surface area contributed by atoms with E-state index < -0.39 is 29.5 Å². The molecule has 3 aromatic rings. The van der Waals surface area contributed by atoms with Crippen LogP contribution in [0.2, 0.25) is 0 Å². The number of aliphatic hydroxyl groups is 1. The zero-order valence-electron chi connectivity index (χ0n) is 15.1. The number of benzene rings is 1. The number of hydrogen-bond acceptors (Lipinski definition) is 6. The van der Waals surface area contributed by atoms with E-state index in [2.05, 4.69) is 15.4 Å². The molecule has 0 bridgehead atoms. The molecule has 0 aliphatic heterocycles. The average Bonchev–Trinajstić information content (AvgIpc) is 3.40. The molecule has 158 valence electrons. The molecule has 11 heteroatoms. The Kier molecular flexibility index (Phi) is 6.13. The van der Waals surface area contributed by atoms with Crippen LogP contribution in [0, 0.1) is 0 Å². The lowest BCUT2D eigenvalue weighted by Crippen LogP contribution is -2.44. The molecule has 0 aliphatic carbocycles.